The lowest BCUT2D eigenvalue weighted by Gasteiger charge is -2.29. The molecule has 0 unspecified atom stereocenters. The highest BCUT2D eigenvalue weighted by Gasteiger charge is 2.24. The van der Waals surface area contributed by atoms with E-state index in [4.69, 9.17) is 0 Å². The lowest BCUT2D eigenvalue weighted by atomic mass is 9.83. The summed E-state index contributed by atoms with van der Waals surface area (Å²) in [5.74, 6) is -0.227. The van der Waals surface area contributed by atoms with E-state index in [2.05, 4.69) is 35.1 Å². The molecule has 0 aromatic heterocycles. The molecule has 1 rings (SSSR count). The lowest BCUT2D eigenvalue weighted by Crippen LogP contribution is -2.36. The van der Waals surface area contributed by atoms with Gasteiger partial charge < -0.3 is 10.4 Å². The van der Waals surface area contributed by atoms with E-state index in [9.17, 15) is 9.50 Å². The first-order chi connectivity index (χ1) is 8.56. The molecular formula is C14H21BrFNO. The van der Waals surface area contributed by atoms with Crippen LogP contribution in [0.15, 0.2) is 22.7 Å². The predicted molar refractivity (Wildman–Crippen MR) is 75.9 cm³/mol. The maximum absolute atomic E-state index is 13.1. The average Bonchev–Trinajstić information content (AvgIpc) is 2.39. The number of nitrogens with one attached hydrogen (secondary N) is 1. The maximum Gasteiger partial charge on any atom is 0.123 e. The summed E-state index contributed by atoms with van der Waals surface area (Å²) in [5.41, 5.74) is 0.828. The zero-order valence-electron chi connectivity index (χ0n) is 11.0. The van der Waals surface area contributed by atoms with E-state index in [0.717, 1.165) is 29.4 Å². The van der Waals surface area contributed by atoms with Gasteiger partial charge in [-0.05, 0) is 36.6 Å². The van der Waals surface area contributed by atoms with Crippen LogP contribution >= 0.6 is 15.9 Å². The van der Waals surface area contributed by atoms with Gasteiger partial charge in [-0.2, -0.15) is 0 Å². The van der Waals surface area contributed by atoms with E-state index < -0.39 is 0 Å². The Bertz CT molecular complexity index is 372. The molecule has 18 heavy (non-hydrogen) atoms. The van der Waals surface area contributed by atoms with Crippen molar-refractivity contribution < 1.29 is 9.50 Å². The van der Waals surface area contributed by atoms with Crippen molar-refractivity contribution in [2.45, 2.75) is 33.2 Å². The number of halogens is 2. The van der Waals surface area contributed by atoms with E-state index in [1.165, 1.54) is 12.1 Å². The first-order valence-electron chi connectivity index (χ1n) is 6.32. The number of aliphatic hydroxyl groups is 1. The van der Waals surface area contributed by atoms with Crippen LogP contribution in [0, 0.1) is 11.2 Å². The summed E-state index contributed by atoms with van der Waals surface area (Å²) < 4.78 is 14.0. The summed E-state index contributed by atoms with van der Waals surface area (Å²) in [6.07, 6.45) is 1.86. The van der Waals surface area contributed by atoms with Crippen molar-refractivity contribution in [1.29, 1.82) is 0 Å². The molecule has 0 aliphatic heterocycles. The van der Waals surface area contributed by atoms with Gasteiger partial charge in [0.2, 0.25) is 0 Å². The van der Waals surface area contributed by atoms with Crippen molar-refractivity contribution in [3.8, 4) is 0 Å². The van der Waals surface area contributed by atoms with Crippen molar-refractivity contribution >= 4 is 15.9 Å². The van der Waals surface area contributed by atoms with Crippen molar-refractivity contribution in [2.24, 2.45) is 5.41 Å². The van der Waals surface area contributed by atoms with Gasteiger partial charge in [0, 0.05) is 29.6 Å². The molecule has 0 heterocycles. The van der Waals surface area contributed by atoms with Gasteiger partial charge in [-0.1, -0.05) is 29.8 Å². The number of rotatable bonds is 7. The van der Waals surface area contributed by atoms with Crippen LogP contribution in [0.5, 0.6) is 0 Å². The summed E-state index contributed by atoms with van der Waals surface area (Å²) >= 11 is 3.41. The van der Waals surface area contributed by atoms with Gasteiger partial charge in [-0.3, -0.25) is 0 Å². The fourth-order valence-corrected chi connectivity index (χ4v) is 2.31. The van der Waals surface area contributed by atoms with Crippen LogP contribution in [0.3, 0.4) is 0 Å². The fourth-order valence-electron chi connectivity index (χ4n) is 1.92. The third-order valence-corrected chi connectivity index (χ3v) is 4.43. The van der Waals surface area contributed by atoms with Crippen LogP contribution in [-0.2, 0) is 6.54 Å². The molecule has 0 fully saturated rings. The Morgan fingerprint density at radius 1 is 1.33 bits per heavy atom. The van der Waals surface area contributed by atoms with E-state index in [1.54, 1.807) is 6.07 Å². The molecule has 0 bridgehead atoms. The van der Waals surface area contributed by atoms with Crippen molar-refractivity contribution in [2.75, 3.05) is 13.2 Å². The number of aliphatic hydroxyl groups excluding tert-OH is 1. The summed E-state index contributed by atoms with van der Waals surface area (Å²) in [7, 11) is 0. The van der Waals surface area contributed by atoms with Crippen LogP contribution in [0.2, 0.25) is 0 Å². The molecule has 0 saturated heterocycles. The van der Waals surface area contributed by atoms with E-state index in [1.807, 2.05) is 0 Å². The minimum absolute atomic E-state index is 0.0696. The summed E-state index contributed by atoms with van der Waals surface area (Å²) in [4.78, 5) is 0. The second kappa shape index (κ2) is 7.22. The van der Waals surface area contributed by atoms with Gasteiger partial charge in [0.05, 0.1) is 0 Å². The van der Waals surface area contributed by atoms with Crippen LogP contribution in [0.1, 0.15) is 32.3 Å². The van der Waals surface area contributed by atoms with Crippen LogP contribution in [0.4, 0.5) is 4.39 Å². The second-order valence-corrected chi connectivity index (χ2v) is 5.56. The molecule has 1 aromatic rings. The van der Waals surface area contributed by atoms with Gasteiger partial charge >= 0.3 is 0 Å². The van der Waals surface area contributed by atoms with Crippen LogP contribution in [-0.4, -0.2) is 18.3 Å². The Kier molecular flexibility index (Phi) is 6.26. The maximum atomic E-state index is 13.1. The smallest absolute Gasteiger partial charge is 0.123 e. The Hall–Kier alpha value is -0.450. The summed E-state index contributed by atoms with van der Waals surface area (Å²) in [5, 5.41) is 12.8. The molecule has 2 N–H and O–H groups in total. The minimum Gasteiger partial charge on any atom is -0.396 e. The molecule has 0 amide bonds. The molecule has 2 nitrogen and oxygen atoms in total. The largest absolute Gasteiger partial charge is 0.396 e. The molecule has 0 atom stereocenters. The van der Waals surface area contributed by atoms with Crippen molar-refractivity contribution in [3.05, 3.63) is 34.1 Å². The van der Waals surface area contributed by atoms with E-state index in [-0.39, 0.29) is 17.8 Å². The second-order valence-electron chi connectivity index (χ2n) is 4.70. The summed E-state index contributed by atoms with van der Waals surface area (Å²) in [6, 6.07) is 4.67. The Morgan fingerprint density at radius 3 is 2.56 bits per heavy atom. The molecule has 0 saturated carbocycles. The monoisotopic (exact) mass is 317 g/mol. The van der Waals surface area contributed by atoms with E-state index in [0.29, 0.717) is 6.54 Å². The molecule has 4 heteroatoms. The van der Waals surface area contributed by atoms with E-state index >= 15 is 0 Å². The van der Waals surface area contributed by atoms with Crippen molar-refractivity contribution in [1.82, 2.24) is 5.32 Å². The number of hydrogen-bond donors (Lipinski definition) is 2. The molecule has 0 aliphatic carbocycles. The Balaban J connectivity index is 2.57. The molecule has 1 aromatic carbocycles. The summed E-state index contributed by atoms with van der Waals surface area (Å²) in [6.45, 7) is 5.68. The number of hydrogen-bond acceptors (Lipinski definition) is 2. The van der Waals surface area contributed by atoms with Crippen LogP contribution < -0.4 is 5.32 Å². The Labute approximate surface area is 117 Å². The van der Waals surface area contributed by atoms with Gasteiger partial charge in [0.1, 0.15) is 5.82 Å². The zero-order chi connectivity index (χ0) is 13.6. The van der Waals surface area contributed by atoms with Crippen LogP contribution in [0.25, 0.3) is 0 Å². The topological polar surface area (TPSA) is 32.3 Å². The highest BCUT2D eigenvalue weighted by molar-refractivity contribution is 9.10. The minimum atomic E-state index is -0.227. The van der Waals surface area contributed by atoms with Gasteiger partial charge in [0.25, 0.3) is 0 Å². The normalized spacial score (nSPS) is 11.8. The Morgan fingerprint density at radius 2 is 2.00 bits per heavy atom. The quantitative estimate of drug-likeness (QED) is 0.807. The lowest BCUT2D eigenvalue weighted by molar-refractivity contribution is 0.113. The SMILES string of the molecule is CCC(CC)(CO)CNCc1cc(F)ccc1Br. The van der Waals surface area contributed by atoms with Gasteiger partial charge in [0.15, 0.2) is 0 Å². The van der Waals surface area contributed by atoms with Gasteiger partial charge in [-0.25, -0.2) is 4.39 Å². The third kappa shape index (κ3) is 4.04. The molecule has 0 spiro atoms. The van der Waals surface area contributed by atoms with Crippen molar-refractivity contribution in [3.63, 3.8) is 0 Å². The molecular weight excluding hydrogens is 297 g/mol. The zero-order valence-corrected chi connectivity index (χ0v) is 12.6. The first kappa shape index (κ1) is 15.6. The highest BCUT2D eigenvalue weighted by atomic mass is 79.9. The fraction of sp³-hybridized carbons (Fsp3) is 0.571. The molecule has 102 valence electrons. The standard InChI is InChI=1S/C14H21BrFNO/c1-3-14(4-2,10-18)9-17-8-11-7-12(16)5-6-13(11)15/h5-7,17-18H,3-4,8-10H2,1-2H3. The predicted octanol–water partition coefficient (Wildman–Crippen LogP) is 3.48. The third-order valence-electron chi connectivity index (χ3n) is 3.66. The number of benzene rings is 1. The van der Waals surface area contributed by atoms with Gasteiger partial charge in [-0.15, -0.1) is 0 Å². The molecule has 0 aliphatic rings. The molecule has 0 radical (unpaired) electrons. The average molecular weight is 318 g/mol. The highest BCUT2D eigenvalue weighted by Crippen LogP contribution is 2.25. The first-order valence-corrected chi connectivity index (χ1v) is 7.11.